The minimum Gasteiger partial charge on any atom is -0.490 e. The summed E-state index contributed by atoms with van der Waals surface area (Å²) in [4.78, 5) is 16.1. The molecule has 1 aliphatic heterocycles. The lowest BCUT2D eigenvalue weighted by Gasteiger charge is -2.33. The second-order valence-electron chi connectivity index (χ2n) is 11.4. The number of likely N-dealkylation sites (tertiary alicyclic amines) is 1. The van der Waals surface area contributed by atoms with Gasteiger partial charge in [-0.3, -0.25) is 9.69 Å². The number of nitrogens with zero attached hydrogens (tertiary/aromatic N) is 2. The van der Waals surface area contributed by atoms with Crippen LogP contribution in [0.25, 0.3) is 10.2 Å². The number of ether oxygens (including phenoxy) is 3. The Kier molecular flexibility index (Phi) is 10.7. The van der Waals surface area contributed by atoms with E-state index in [0.29, 0.717) is 18.1 Å². The second-order valence-corrected chi connectivity index (χ2v) is 12.3. The number of piperidine rings is 1. The third-order valence-corrected chi connectivity index (χ3v) is 8.26. The topological polar surface area (TPSA) is 85.2 Å². The molecule has 1 fully saturated rings. The van der Waals surface area contributed by atoms with E-state index >= 15 is 0 Å². The maximum absolute atomic E-state index is 13.0. The molecule has 5 rings (SSSR count). The fourth-order valence-electron chi connectivity index (χ4n) is 4.58. The van der Waals surface area contributed by atoms with Crippen molar-refractivity contribution in [1.82, 2.24) is 9.47 Å². The molecule has 1 unspecified atom stereocenters. The highest BCUT2D eigenvalue weighted by atomic mass is 32.1. The van der Waals surface area contributed by atoms with Crippen LogP contribution >= 0.6 is 11.3 Å². The molecule has 9 heteroatoms. The highest BCUT2D eigenvalue weighted by Crippen LogP contribution is 2.27. The van der Waals surface area contributed by atoms with Crippen molar-refractivity contribution >= 4 is 33.1 Å². The van der Waals surface area contributed by atoms with E-state index in [2.05, 4.69) is 10.2 Å². The zero-order valence-electron chi connectivity index (χ0n) is 25.4. The molecule has 0 radical (unpaired) electrons. The zero-order chi connectivity index (χ0) is 30.3. The van der Waals surface area contributed by atoms with E-state index in [1.807, 2.05) is 98.4 Å². The van der Waals surface area contributed by atoms with Gasteiger partial charge in [0, 0.05) is 50.0 Å². The number of hydrogen-bond acceptors (Lipinski definition) is 7. The standard InChI is InChI=1S/C28H31N3O4S.C5H12O/c1-19(32)31-13-10-22(11-14-31)35-24-8-5-7-23(17-24)34-18-21-6-3-4-9-25(21)29-27(33)26-16-20-12-15-36-28(20)30(26)2;1-5(2,3)6-4/h3-9,12,15-17,19,22,32H,10-11,13-14,18H2,1-2H3,(H,29,33);1-4H3. The normalized spacial score (nSPS) is 15.1. The summed E-state index contributed by atoms with van der Waals surface area (Å²) in [5.74, 6) is 1.33. The van der Waals surface area contributed by atoms with Crippen LogP contribution in [-0.2, 0) is 18.4 Å². The first-order valence-electron chi connectivity index (χ1n) is 14.3. The summed E-state index contributed by atoms with van der Waals surface area (Å²) in [6, 6.07) is 19.3. The second kappa shape index (κ2) is 14.2. The number of rotatable bonds is 8. The summed E-state index contributed by atoms with van der Waals surface area (Å²) < 4.78 is 19.1. The molecular weight excluding hydrogens is 550 g/mol. The summed E-state index contributed by atoms with van der Waals surface area (Å²) in [6.07, 6.45) is 1.46. The molecule has 0 saturated carbocycles. The number of fused-ring (bicyclic) bond motifs is 1. The molecule has 2 aromatic heterocycles. The molecule has 1 amide bonds. The lowest BCUT2D eigenvalue weighted by atomic mass is 10.1. The molecule has 42 heavy (non-hydrogen) atoms. The molecular formula is C33H43N3O5S. The number of hydrogen-bond donors (Lipinski definition) is 2. The van der Waals surface area contributed by atoms with E-state index in [4.69, 9.17) is 14.2 Å². The molecule has 1 atom stereocenters. The number of carbonyl (C=O) groups is 1. The number of benzene rings is 2. The van der Waals surface area contributed by atoms with E-state index in [-0.39, 0.29) is 17.6 Å². The van der Waals surface area contributed by atoms with E-state index in [9.17, 15) is 9.90 Å². The minimum atomic E-state index is -0.417. The van der Waals surface area contributed by atoms with Crippen molar-refractivity contribution in [2.24, 2.45) is 7.05 Å². The predicted molar refractivity (Wildman–Crippen MR) is 170 cm³/mol. The van der Waals surface area contributed by atoms with Crippen LogP contribution in [0.2, 0.25) is 0 Å². The van der Waals surface area contributed by atoms with E-state index in [1.165, 1.54) is 0 Å². The molecule has 1 aliphatic rings. The van der Waals surface area contributed by atoms with Gasteiger partial charge in [0.05, 0.1) is 5.60 Å². The number of para-hydroxylation sites is 1. The van der Waals surface area contributed by atoms with Gasteiger partial charge in [0.1, 0.15) is 41.0 Å². The van der Waals surface area contributed by atoms with Crippen LogP contribution in [0.5, 0.6) is 11.5 Å². The van der Waals surface area contributed by atoms with Gasteiger partial charge in [-0.1, -0.05) is 24.3 Å². The van der Waals surface area contributed by atoms with Crippen molar-refractivity contribution in [2.75, 3.05) is 25.5 Å². The molecule has 0 bridgehead atoms. The van der Waals surface area contributed by atoms with Gasteiger partial charge in [0.25, 0.3) is 5.91 Å². The quantitative estimate of drug-likeness (QED) is 0.237. The number of nitrogens with one attached hydrogen (secondary N) is 1. The lowest BCUT2D eigenvalue weighted by Crippen LogP contribution is -2.42. The lowest BCUT2D eigenvalue weighted by molar-refractivity contribution is -0.0163. The monoisotopic (exact) mass is 593 g/mol. The van der Waals surface area contributed by atoms with Crippen LogP contribution in [-0.4, -0.2) is 58.6 Å². The van der Waals surface area contributed by atoms with Gasteiger partial charge >= 0.3 is 0 Å². The van der Waals surface area contributed by atoms with Crippen molar-refractivity contribution in [3.8, 4) is 11.5 Å². The Labute approximate surface area is 252 Å². The van der Waals surface area contributed by atoms with Gasteiger partial charge in [0.2, 0.25) is 0 Å². The fourth-order valence-corrected chi connectivity index (χ4v) is 5.44. The summed E-state index contributed by atoms with van der Waals surface area (Å²) >= 11 is 1.62. The molecule has 2 N–H and O–H groups in total. The van der Waals surface area contributed by atoms with Crippen LogP contribution in [0, 0.1) is 0 Å². The van der Waals surface area contributed by atoms with E-state index in [1.54, 1.807) is 25.4 Å². The van der Waals surface area contributed by atoms with Gasteiger partial charge < -0.3 is 29.2 Å². The number of anilines is 1. The first-order valence-corrected chi connectivity index (χ1v) is 15.2. The van der Waals surface area contributed by atoms with Crippen LogP contribution in [0.4, 0.5) is 5.69 Å². The van der Waals surface area contributed by atoms with Gasteiger partial charge in [0.15, 0.2) is 0 Å². The predicted octanol–water partition coefficient (Wildman–Crippen LogP) is 6.68. The highest BCUT2D eigenvalue weighted by Gasteiger charge is 2.23. The maximum Gasteiger partial charge on any atom is 0.272 e. The number of thiophene rings is 1. The molecule has 2 aromatic carbocycles. The Morgan fingerprint density at radius 1 is 1.07 bits per heavy atom. The van der Waals surface area contributed by atoms with Crippen molar-refractivity contribution in [3.05, 3.63) is 77.3 Å². The summed E-state index contributed by atoms with van der Waals surface area (Å²) in [6.45, 7) is 9.82. The van der Waals surface area contributed by atoms with Gasteiger partial charge in [-0.2, -0.15) is 0 Å². The Balaban J connectivity index is 0.000000612. The first-order chi connectivity index (χ1) is 20.0. The maximum atomic E-state index is 13.0. The van der Waals surface area contributed by atoms with Gasteiger partial charge in [-0.25, -0.2) is 0 Å². The number of methoxy groups -OCH3 is 1. The number of aryl methyl sites for hydroxylation is 1. The van der Waals surface area contributed by atoms with Crippen molar-refractivity contribution in [2.45, 2.75) is 65.1 Å². The zero-order valence-corrected chi connectivity index (χ0v) is 26.2. The van der Waals surface area contributed by atoms with Crippen molar-refractivity contribution in [3.63, 3.8) is 0 Å². The fraction of sp³-hybridized carbons (Fsp3) is 0.424. The van der Waals surface area contributed by atoms with Crippen LogP contribution in [0.1, 0.15) is 56.6 Å². The van der Waals surface area contributed by atoms with Crippen molar-refractivity contribution < 1.29 is 24.1 Å². The smallest absolute Gasteiger partial charge is 0.272 e. The van der Waals surface area contributed by atoms with E-state index in [0.717, 1.165) is 53.1 Å². The summed E-state index contributed by atoms with van der Waals surface area (Å²) in [5.41, 5.74) is 2.28. The number of aliphatic hydroxyl groups excluding tert-OH is 1. The Morgan fingerprint density at radius 3 is 2.43 bits per heavy atom. The molecule has 0 aliphatic carbocycles. The average molecular weight is 594 g/mol. The van der Waals surface area contributed by atoms with Crippen LogP contribution < -0.4 is 14.8 Å². The summed E-state index contributed by atoms with van der Waals surface area (Å²) in [7, 11) is 3.62. The third-order valence-electron chi connectivity index (χ3n) is 7.25. The number of amides is 1. The number of aliphatic hydroxyl groups is 1. The molecule has 1 saturated heterocycles. The molecule has 0 spiro atoms. The van der Waals surface area contributed by atoms with Crippen LogP contribution in [0.3, 0.4) is 0 Å². The Hall–Kier alpha value is -3.37. The SMILES string of the molecule is CC(O)N1CCC(Oc2cccc(OCc3ccccc3NC(=O)c3cc4ccsc4n3C)c2)CC1.COC(C)(C)C. The Morgan fingerprint density at radius 2 is 1.76 bits per heavy atom. The van der Waals surface area contributed by atoms with Crippen LogP contribution in [0.15, 0.2) is 66.0 Å². The molecule has 4 aromatic rings. The largest absolute Gasteiger partial charge is 0.490 e. The van der Waals surface area contributed by atoms with Gasteiger partial charge in [-0.05, 0) is 76.2 Å². The molecule has 226 valence electrons. The Bertz CT molecular complexity index is 1450. The average Bonchev–Trinajstić information content (AvgIpc) is 3.56. The highest BCUT2D eigenvalue weighted by molar-refractivity contribution is 7.16. The summed E-state index contributed by atoms with van der Waals surface area (Å²) in [5, 5.41) is 15.9. The van der Waals surface area contributed by atoms with E-state index < -0.39 is 6.23 Å². The van der Waals surface area contributed by atoms with Gasteiger partial charge in [-0.15, -0.1) is 11.3 Å². The minimum absolute atomic E-state index is 0.0417. The number of aromatic nitrogens is 1. The number of carbonyl (C=O) groups excluding carboxylic acids is 1. The third kappa shape index (κ3) is 8.58. The molecule has 8 nitrogen and oxygen atoms in total. The van der Waals surface area contributed by atoms with Crippen molar-refractivity contribution in [1.29, 1.82) is 0 Å². The molecule has 3 heterocycles. The first kappa shape index (κ1) is 31.6.